The van der Waals surface area contributed by atoms with Crippen LogP contribution in [0.3, 0.4) is 0 Å². The normalized spacial score (nSPS) is 15.7. The number of allylic oxidation sites excluding steroid dienone is 2. The Hall–Kier alpha value is -7.16. The van der Waals surface area contributed by atoms with Crippen molar-refractivity contribution in [3.05, 3.63) is 224 Å². The molecule has 0 N–H and O–H groups in total. The first-order valence-corrected chi connectivity index (χ1v) is 19.5. The Labute approximate surface area is 327 Å². The lowest BCUT2D eigenvalue weighted by atomic mass is 9.90. The Bertz CT molecular complexity index is 2910. The molecule has 1 aliphatic heterocycles. The molecule has 0 bridgehead atoms. The van der Waals surface area contributed by atoms with E-state index in [2.05, 4.69) is 228 Å². The van der Waals surface area contributed by atoms with Crippen LogP contribution in [0.5, 0.6) is 0 Å². The Morgan fingerprint density at radius 1 is 0.357 bits per heavy atom. The molecule has 2 heteroatoms. The van der Waals surface area contributed by atoms with Crippen molar-refractivity contribution in [3.63, 3.8) is 0 Å². The number of benzene rings is 8. The predicted octanol–water partition coefficient (Wildman–Crippen LogP) is 14.2. The van der Waals surface area contributed by atoms with Crippen LogP contribution < -0.4 is 4.90 Å². The van der Waals surface area contributed by atoms with E-state index >= 15 is 0 Å². The number of anilines is 2. The maximum atomic E-state index is 2.58. The van der Waals surface area contributed by atoms with Gasteiger partial charge in [-0.15, -0.1) is 0 Å². The summed E-state index contributed by atoms with van der Waals surface area (Å²) in [6.07, 6.45) is 9.15. The maximum absolute atomic E-state index is 2.58. The van der Waals surface area contributed by atoms with Gasteiger partial charge < -0.3 is 9.47 Å². The molecular weight excluding hydrogens is 677 g/mol. The molecule has 2 atom stereocenters. The summed E-state index contributed by atoms with van der Waals surface area (Å²) < 4.78 is 2.45. The minimum atomic E-state index is 0.198. The molecule has 0 fully saturated rings. The Balaban J connectivity index is 1.10. The number of para-hydroxylation sites is 2. The van der Waals surface area contributed by atoms with Crippen LogP contribution in [0.1, 0.15) is 11.5 Å². The van der Waals surface area contributed by atoms with Crippen LogP contribution in [0.2, 0.25) is 0 Å². The Morgan fingerprint density at radius 2 is 0.946 bits per heavy atom. The van der Waals surface area contributed by atoms with Crippen LogP contribution in [-0.2, 0) is 0 Å². The highest BCUT2D eigenvalue weighted by atomic mass is 15.2. The monoisotopic (exact) mass is 714 g/mol. The van der Waals surface area contributed by atoms with Crippen LogP contribution in [0, 0.1) is 0 Å². The molecule has 2 nitrogen and oxygen atoms in total. The lowest BCUT2D eigenvalue weighted by Gasteiger charge is -2.30. The van der Waals surface area contributed by atoms with Gasteiger partial charge in [0.25, 0.3) is 0 Å². The Morgan fingerprint density at radius 3 is 1.68 bits per heavy atom. The number of fused-ring (bicyclic) bond motifs is 6. The van der Waals surface area contributed by atoms with E-state index in [1.165, 1.54) is 83.3 Å². The van der Waals surface area contributed by atoms with E-state index in [1.807, 2.05) is 0 Å². The first-order chi connectivity index (χ1) is 27.8. The molecule has 0 saturated carbocycles. The quantitative estimate of drug-likeness (QED) is 0.166. The summed E-state index contributed by atoms with van der Waals surface area (Å²) >= 11 is 0. The van der Waals surface area contributed by atoms with Gasteiger partial charge in [0.05, 0.1) is 22.8 Å². The van der Waals surface area contributed by atoms with Gasteiger partial charge in [0, 0.05) is 33.6 Å². The van der Waals surface area contributed by atoms with Crippen molar-refractivity contribution in [3.8, 4) is 50.2 Å². The molecule has 0 amide bonds. The molecule has 2 aliphatic rings. The second-order valence-electron chi connectivity index (χ2n) is 14.9. The third-order valence-electron chi connectivity index (χ3n) is 11.7. The van der Waals surface area contributed by atoms with Crippen molar-refractivity contribution >= 4 is 33.2 Å². The van der Waals surface area contributed by atoms with E-state index < -0.39 is 0 Å². The van der Waals surface area contributed by atoms with Gasteiger partial charge in [-0.05, 0) is 93.0 Å². The van der Waals surface area contributed by atoms with E-state index in [9.17, 15) is 0 Å². The van der Waals surface area contributed by atoms with Crippen molar-refractivity contribution in [2.24, 2.45) is 0 Å². The highest BCUT2D eigenvalue weighted by molar-refractivity contribution is 6.11. The average molecular weight is 715 g/mol. The van der Waals surface area contributed by atoms with Gasteiger partial charge in [-0.25, -0.2) is 0 Å². The van der Waals surface area contributed by atoms with Crippen LogP contribution >= 0.6 is 0 Å². The molecule has 0 spiro atoms. The van der Waals surface area contributed by atoms with E-state index in [1.54, 1.807) is 0 Å². The van der Waals surface area contributed by atoms with Gasteiger partial charge >= 0.3 is 0 Å². The topological polar surface area (TPSA) is 8.17 Å². The first-order valence-electron chi connectivity index (χ1n) is 19.5. The van der Waals surface area contributed by atoms with Crippen molar-refractivity contribution in [1.29, 1.82) is 0 Å². The number of nitrogens with zero attached hydrogens (tertiary/aromatic N) is 2. The molecule has 264 valence electrons. The fraction of sp³-hybridized carbons (Fsp3) is 0.0370. The smallest absolute Gasteiger partial charge is 0.0629 e. The van der Waals surface area contributed by atoms with E-state index in [-0.39, 0.29) is 12.0 Å². The van der Waals surface area contributed by atoms with E-state index in [0.717, 1.165) is 5.69 Å². The molecule has 2 unspecified atom stereocenters. The standard InChI is InChI=1S/C54H38N2/c1-4-16-37(17-5-1)40-22-14-23-44(33-40)56-52-29-13-10-24-47(52)49-27-15-26-46(54(49)56)41-30-31-53-50(36-41)48-25-11-12-28-51(48)55(53)45-34-42(38-18-6-2-7-19-38)32-43(35-45)39-20-8-3-9-21-39/h1-36,47,52H. The van der Waals surface area contributed by atoms with E-state index in [0.29, 0.717) is 0 Å². The second kappa shape index (κ2) is 13.3. The van der Waals surface area contributed by atoms with Gasteiger partial charge in [0.15, 0.2) is 0 Å². The van der Waals surface area contributed by atoms with Crippen molar-refractivity contribution < 1.29 is 0 Å². The molecule has 0 saturated heterocycles. The SMILES string of the molecule is C1=CC2c3cccc(-c4ccc5c(c4)c4ccccc4n5-c4cc(-c5ccccc5)cc(-c5ccccc5)c4)c3N(c3cccc(-c4ccccc4)c3)C2C=C1. The van der Waals surface area contributed by atoms with Crippen molar-refractivity contribution in [2.45, 2.75) is 12.0 Å². The summed E-state index contributed by atoms with van der Waals surface area (Å²) in [6, 6.07) is 71.3. The summed E-state index contributed by atoms with van der Waals surface area (Å²) in [5.74, 6) is 0.275. The van der Waals surface area contributed by atoms with Crippen LogP contribution in [0.15, 0.2) is 218 Å². The van der Waals surface area contributed by atoms with Gasteiger partial charge in [-0.1, -0.05) is 170 Å². The molecule has 1 aliphatic carbocycles. The molecule has 9 aromatic rings. The van der Waals surface area contributed by atoms with Gasteiger partial charge in [0.2, 0.25) is 0 Å². The van der Waals surface area contributed by atoms with Crippen LogP contribution in [-0.4, -0.2) is 10.6 Å². The molecule has 56 heavy (non-hydrogen) atoms. The molecule has 2 heterocycles. The van der Waals surface area contributed by atoms with Gasteiger partial charge in [-0.3, -0.25) is 0 Å². The van der Waals surface area contributed by atoms with Crippen molar-refractivity contribution in [2.75, 3.05) is 4.90 Å². The highest BCUT2D eigenvalue weighted by Gasteiger charge is 2.39. The summed E-state index contributed by atoms with van der Waals surface area (Å²) in [5.41, 5.74) is 17.1. The predicted molar refractivity (Wildman–Crippen MR) is 236 cm³/mol. The van der Waals surface area contributed by atoms with Crippen molar-refractivity contribution in [1.82, 2.24) is 4.57 Å². The van der Waals surface area contributed by atoms with Crippen LogP contribution in [0.4, 0.5) is 11.4 Å². The fourth-order valence-electron chi connectivity index (χ4n) is 9.13. The third-order valence-corrected chi connectivity index (χ3v) is 11.7. The summed E-state index contributed by atoms with van der Waals surface area (Å²) in [6.45, 7) is 0. The summed E-state index contributed by atoms with van der Waals surface area (Å²) in [7, 11) is 0. The zero-order chi connectivity index (χ0) is 37.0. The third kappa shape index (κ3) is 5.33. The molecule has 1 aromatic heterocycles. The second-order valence-corrected chi connectivity index (χ2v) is 14.9. The van der Waals surface area contributed by atoms with Crippen LogP contribution in [0.25, 0.3) is 72.0 Å². The fourth-order valence-corrected chi connectivity index (χ4v) is 9.13. The molecular formula is C54H38N2. The zero-order valence-corrected chi connectivity index (χ0v) is 30.8. The number of hydrogen-bond acceptors (Lipinski definition) is 1. The number of aromatic nitrogens is 1. The molecule has 11 rings (SSSR count). The minimum Gasteiger partial charge on any atom is -0.333 e. The summed E-state index contributed by atoms with van der Waals surface area (Å²) in [5, 5.41) is 2.49. The average Bonchev–Trinajstić information content (AvgIpc) is 3.80. The maximum Gasteiger partial charge on any atom is 0.0629 e. The zero-order valence-electron chi connectivity index (χ0n) is 30.8. The largest absolute Gasteiger partial charge is 0.333 e. The van der Waals surface area contributed by atoms with Gasteiger partial charge in [0.1, 0.15) is 0 Å². The highest BCUT2D eigenvalue weighted by Crippen LogP contribution is 2.52. The number of rotatable bonds is 6. The first kappa shape index (κ1) is 32.3. The van der Waals surface area contributed by atoms with E-state index in [4.69, 9.17) is 0 Å². The van der Waals surface area contributed by atoms with Gasteiger partial charge in [-0.2, -0.15) is 0 Å². The lowest BCUT2D eigenvalue weighted by Crippen LogP contribution is -2.28. The Kier molecular flexibility index (Phi) is 7.67. The summed E-state index contributed by atoms with van der Waals surface area (Å²) in [4.78, 5) is 2.58. The number of hydrogen-bond donors (Lipinski definition) is 0. The lowest BCUT2D eigenvalue weighted by molar-refractivity contribution is 0.745. The molecule has 0 radical (unpaired) electrons. The molecule has 8 aromatic carbocycles. The minimum absolute atomic E-state index is 0.198.